The van der Waals surface area contributed by atoms with E-state index in [0.717, 1.165) is 5.56 Å². The summed E-state index contributed by atoms with van der Waals surface area (Å²) in [6.45, 7) is 2.09. The molecule has 1 aromatic rings. The molecule has 0 radical (unpaired) electrons. The fourth-order valence-corrected chi connectivity index (χ4v) is 3.57. The Morgan fingerprint density at radius 1 is 1.00 bits per heavy atom. The first-order chi connectivity index (χ1) is 13.1. The average molecular weight is 377 g/mol. The molecule has 148 valence electrons. The molecular weight excluding hydrogens is 350 g/mol. The third-order valence-electron chi connectivity index (χ3n) is 5.56. The number of rotatable bonds is 7. The molecule has 1 amide bonds. The summed E-state index contributed by atoms with van der Waals surface area (Å²) in [6, 6.07) is 9.69. The van der Waals surface area contributed by atoms with Gasteiger partial charge in [0.2, 0.25) is 0 Å². The van der Waals surface area contributed by atoms with E-state index in [2.05, 4.69) is 5.32 Å². The summed E-state index contributed by atoms with van der Waals surface area (Å²) in [5.74, 6) is -1.15. The Labute approximate surface area is 159 Å². The summed E-state index contributed by atoms with van der Waals surface area (Å²) in [5.41, 5.74) is -0.971. The first kappa shape index (κ1) is 19.8. The van der Waals surface area contributed by atoms with Crippen LogP contribution < -0.4 is 5.32 Å². The molecule has 0 saturated carbocycles. The molecule has 2 N–H and O–H groups in total. The number of carboxylic acid groups (broad SMARTS) is 1. The van der Waals surface area contributed by atoms with Gasteiger partial charge in [-0.25, -0.2) is 0 Å². The molecule has 0 aromatic heterocycles. The maximum atomic E-state index is 13.0. The number of hydrogen-bond acceptors (Lipinski definition) is 5. The molecule has 0 bridgehead atoms. The van der Waals surface area contributed by atoms with E-state index in [-0.39, 0.29) is 12.5 Å². The highest BCUT2D eigenvalue weighted by Gasteiger charge is 2.45. The Kier molecular flexibility index (Phi) is 6.46. The number of carboxylic acids is 1. The molecule has 1 aromatic carbocycles. The molecule has 0 spiro atoms. The van der Waals surface area contributed by atoms with Crippen molar-refractivity contribution < 1.29 is 28.9 Å². The van der Waals surface area contributed by atoms with Crippen LogP contribution in [0.25, 0.3) is 0 Å². The van der Waals surface area contributed by atoms with Crippen molar-refractivity contribution in [2.45, 2.75) is 37.9 Å². The Hall–Kier alpha value is -1.96. The van der Waals surface area contributed by atoms with Crippen LogP contribution in [0.5, 0.6) is 0 Å². The highest BCUT2D eigenvalue weighted by Crippen LogP contribution is 2.32. The standard InChI is InChI=1S/C20H27NO6/c22-17(21-15-19(18(23)24)6-10-25-11-7-19)20(8-12-26-13-9-20)27-14-16-4-2-1-3-5-16/h1-5H,6-15H2,(H,21,22)(H,23,24). The van der Waals surface area contributed by atoms with Crippen LogP contribution in [0.15, 0.2) is 30.3 Å². The summed E-state index contributed by atoms with van der Waals surface area (Å²) in [6.07, 6.45) is 1.69. The maximum Gasteiger partial charge on any atom is 0.311 e. The van der Waals surface area contributed by atoms with Crippen molar-refractivity contribution in [3.63, 3.8) is 0 Å². The van der Waals surface area contributed by atoms with Gasteiger partial charge in [-0.1, -0.05) is 30.3 Å². The number of carbonyl (C=O) groups is 2. The maximum absolute atomic E-state index is 13.0. The van der Waals surface area contributed by atoms with Gasteiger partial charge in [0.05, 0.1) is 12.0 Å². The van der Waals surface area contributed by atoms with Crippen molar-refractivity contribution in [3.05, 3.63) is 35.9 Å². The fraction of sp³-hybridized carbons (Fsp3) is 0.600. The van der Waals surface area contributed by atoms with Crippen LogP contribution in [0.1, 0.15) is 31.2 Å². The minimum absolute atomic E-state index is 0.0851. The van der Waals surface area contributed by atoms with Crippen LogP contribution >= 0.6 is 0 Å². The number of amides is 1. The zero-order valence-corrected chi connectivity index (χ0v) is 15.4. The number of carbonyl (C=O) groups excluding carboxylic acids is 1. The van der Waals surface area contributed by atoms with E-state index >= 15 is 0 Å². The molecular formula is C20H27NO6. The Morgan fingerprint density at radius 2 is 1.59 bits per heavy atom. The van der Waals surface area contributed by atoms with Crippen LogP contribution in [0.3, 0.4) is 0 Å². The van der Waals surface area contributed by atoms with Gasteiger partial charge in [0.1, 0.15) is 0 Å². The largest absolute Gasteiger partial charge is 0.481 e. The lowest BCUT2D eigenvalue weighted by Crippen LogP contribution is -2.55. The second-order valence-corrected chi connectivity index (χ2v) is 7.26. The zero-order valence-electron chi connectivity index (χ0n) is 15.4. The predicted octanol–water partition coefficient (Wildman–Crippen LogP) is 1.75. The van der Waals surface area contributed by atoms with Gasteiger partial charge in [0.15, 0.2) is 5.60 Å². The number of nitrogens with one attached hydrogen (secondary N) is 1. The second-order valence-electron chi connectivity index (χ2n) is 7.26. The van der Waals surface area contributed by atoms with Gasteiger partial charge in [-0.3, -0.25) is 9.59 Å². The SMILES string of the molecule is O=C(O)C1(CNC(=O)C2(OCc3ccccc3)CCOCC2)CCOCC1. The summed E-state index contributed by atoms with van der Waals surface area (Å²) in [4.78, 5) is 24.8. The van der Waals surface area contributed by atoms with Crippen LogP contribution in [-0.4, -0.2) is 55.6 Å². The normalized spacial score (nSPS) is 21.3. The van der Waals surface area contributed by atoms with Crippen LogP contribution in [0.4, 0.5) is 0 Å². The smallest absolute Gasteiger partial charge is 0.311 e. The second kappa shape index (κ2) is 8.82. The van der Waals surface area contributed by atoms with Gasteiger partial charge in [0, 0.05) is 45.8 Å². The summed E-state index contributed by atoms with van der Waals surface area (Å²) in [5, 5.41) is 12.5. The lowest BCUT2D eigenvalue weighted by atomic mass is 9.80. The lowest BCUT2D eigenvalue weighted by molar-refractivity contribution is -0.166. The summed E-state index contributed by atoms with van der Waals surface area (Å²) in [7, 11) is 0. The van der Waals surface area contributed by atoms with Crippen molar-refractivity contribution in [2.75, 3.05) is 33.0 Å². The molecule has 2 saturated heterocycles. The molecule has 0 unspecified atom stereocenters. The third kappa shape index (κ3) is 4.66. The van der Waals surface area contributed by atoms with Gasteiger partial charge in [-0.05, 0) is 18.4 Å². The van der Waals surface area contributed by atoms with Gasteiger partial charge in [-0.2, -0.15) is 0 Å². The number of aliphatic carboxylic acids is 1. The van der Waals surface area contributed by atoms with Crippen molar-refractivity contribution in [3.8, 4) is 0 Å². The Morgan fingerprint density at radius 3 is 2.19 bits per heavy atom. The van der Waals surface area contributed by atoms with E-state index in [1.54, 1.807) is 0 Å². The van der Waals surface area contributed by atoms with E-state index in [1.165, 1.54) is 0 Å². The molecule has 3 rings (SSSR count). The third-order valence-corrected chi connectivity index (χ3v) is 5.56. The molecule has 7 heteroatoms. The van der Waals surface area contributed by atoms with Crippen molar-refractivity contribution in [1.82, 2.24) is 5.32 Å². The Bertz CT molecular complexity index is 635. The highest BCUT2D eigenvalue weighted by molar-refractivity contribution is 5.86. The summed E-state index contributed by atoms with van der Waals surface area (Å²) >= 11 is 0. The minimum atomic E-state index is -0.987. The van der Waals surface area contributed by atoms with Crippen molar-refractivity contribution in [1.29, 1.82) is 0 Å². The van der Waals surface area contributed by atoms with Crippen molar-refractivity contribution in [2.24, 2.45) is 5.41 Å². The molecule has 2 aliphatic rings. The molecule has 7 nitrogen and oxygen atoms in total. The predicted molar refractivity (Wildman–Crippen MR) is 97.1 cm³/mol. The van der Waals surface area contributed by atoms with Gasteiger partial charge in [0.25, 0.3) is 5.91 Å². The first-order valence-electron chi connectivity index (χ1n) is 9.41. The van der Waals surface area contributed by atoms with Crippen molar-refractivity contribution >= 4 is 11.9 Å². The van der Waals surface area contributed by atoms with Crippen LogP contribution in [-0.2, 0) is 30.4 Å². The molecule has 27 heavy (non-hydrogen) atoms. The summed E-state index contributed by atoms with van der Waals surface area (Å²) < 4.78 is 16.8. The van der Waals surface area contributed by atoms with E-state index in [0.29, 0.717) is 58.7 Å². The first-order valence-corrected chi connectivity index (χ1v) is 9.41. The van der Waals surface area contributed by atoms with E-state index in [9.17, 15) is 14.7 Å². The zero-order chi connectivity index (χ0) is 19.2. The van der Waals surface area contributed by atoms with E-state index in [1.807, 2.05) is 30.3 Å². The van der Waals surface area contributed by atoms with E-state index < -0.39 is 17.0 Å². The van der Waals surface area contributed by atoms with Crippen LogP contribution in [0.2, 0.25) is 0 Å². The van der Waals surface area contributed by atoms with Gasteiger partial charge in [-0.15, -0.1) is 0 Å². The number of hydrogen-bond donors (Lipinski definition) is 2. The van der Waals surface area contributed by atoms with E-state index in [4.69, 9.17) is 14.2 Å². The van der Waals surface area contributed by atoms with Gasteiger partial charge < -0.3 is 24.6 Å². The molecule has 0 atom stereocenters. The number of benzene rings is 1. The topological polar surface area (TPSA) is 94.1 Å². The Balaban J connectivity index is 1.66. The molecule has 0 aliphatic carbocycles. The fourth-order valence-electron chi connectivity index (χ4n) is 3.57. The minimum Gasteiger partial charge on any atom is -0.481 e. The average Bonchev–Trinajstić information content (AvgIpc) is 2.72. The molecule has 2 aliphatic heterocycles. The number of ether oxygens (including phenoxy) is 3. The highest BCUT2D eigenvalue weighted by atomic mass is 16.5. The quantitative estimate of drug-likeness (QED) is 0.752. The molecule has 2 heterocycles. The monoisotopic (exact) mass is 377 g/mol. The molecule has 2 fully saturated rings. The van der Waals surface area contributed by atoms with Gasteiger partial charge >= 0.3 is 5.97 Å². The lowest BCUT2D eigenvalue weighted by Gasteiger charge is -2.38. The van der Waals surface area contributed by atoms with Crippen LogP contribution in [0, 0.1) is 5.41 Å².